The van der Waals surface area contributed by atoms with Gasteiger partial charge in [0.2, 0.25) is 0 Å². The molecule has 0 aromatic carbocycles. The fourth-order valence-corrected chi connectivity index (χ4v) is 0.686. The van der Waals surface area contributed by atoms with Crippen molar-refractivity contribution in [2.75, 3.05) is 0 Å². The van der Waals surface area contributed by atoms with Crippen molar-refractivity contribution in [3.8, 4) is 0 Å². The first-order valence-corrected chi connectivity index (χ1v) is 3.42. The predicted molar refractivity (Wildman–Crippen MR) is 46.8 cm³/mol. The lowest BCUT2D eigenvalue weighted by Crippen LogP contribution is -1.79. The van der Waals surface area contributed by atoms with E-state index in [0.29, 0.717) is 0 Å². The quantitative estimate of drug-likeness (QED) is 0.533. The minimum absolute atomic E-state index is 0.250. The largest absolute Gasteiger partial charge is 0.483 e. The van der Waals surface area contributed by atoms with Crippen LogP contribution in [0.3, 0.4) is 0 Å². The number of carbonyl (C=O) groups is 1. The third kappa shape index (κ3) is 5.17. The molecule has 0 amide bonds. The molecule has 0 fully saturated rings. The molecule has 1 aromatic heterocycles. The van der Waals surface area contributed by atoms with Crippen molar-refractivity contribution in [1.82, 2.24) is 4.98 Å². The summed E-state index contributed by atoms with van der Waals surface area (Å²) in [6.07, 6.45) is 6.40. The van der Waals surface area contributed by atoms with E-state index in [-0.39, 0.29) is 6.47 Å². The lowest BCUT2D eigenvalue weighted by Gasteiger charge is -1.90. The minimum Gasteiger partial charge on any atom is -0.483 e. The molecule has 0 atom stereocenters. The van der Waals surface area contributed by atoms with Gasteiger partial charge in [-0.2, -0.15) is 0 Å². The van der Waals surface area contributed by atoms with Crippen LogP contribution in [0, 0.1) is 0 Å². The van der Waals surface area contributed by atoms with E-state index in [0.717, 1.165) is 6.42 Å². The third-order valence-corrected chi connectivity index (χ3v) is 1.10. The Morgan fingerprint density at radius 1 is 1.67 bits per heavy atom. The summed E-state index contributed by atoms with van der Waals surface area (Å²) in [5, 5.41) is 6.89. The molecular formula is C9H11NO2. The van der Waals surface area contributed by atoms with Crippen molar-refractivity contribution in [3.05, 3.63) is 42.7 Å². The summed E-state index contributed by atoms with van der Waals surface area (Å²) in [5.41, 5.74) is 1.22. The van der Waals surface area contributed by atoms with E-state index < -0.39 is 0 Å². The van der Waals surface area contributed by atoms with Gasteiger partial charge in [0.25, 0.3) is 6.47 Å². The molecular weight excluding hydrogens is 154 g/mol. The van der Waals surface area contributed by atoms with Crippen LogP contribution >= 0.6 is 0 Å². The van der Waals surface area contributed by atoms with Crippen LogP contribution in [0.15, 0.2) is 37.2 Å². The van der Waals surface area contributed by atoms with E-state index >= 15 is 0 Å². The van der Waals surface area contributed by atoms with Crippen molar-refractivity contribution < 1.29 is 9.90 Å². The number of nitrogens with zero attached hydrogens (tertiary/aromatic N) is 1. The molecule has 3 nitrogen and oxygen atoms in total. The smallest absolute Gasteiger partial charge is 0.290 e. The van der Waals surface area contributed by atoms with Crippen molar-refractivity contribution in [1.29, 1.82) is 0 Å². The Hall–Kier alpha value is -1.64. The normalized spacial score (nSPS) is 7.67. The highest BCUT2D eigenvalue weighted by Crippen LogP contribution is 1.95. The van der Waals surface area contributed by atoms with Gasteiger partial charge in [-0.25, -0.2) is 0 Å². The second-order valence-corrected chi connectivity index (χ2v) is 1.96. The standard InChI is InChI=1S/C8H9N.CH2O2/c1-2-4-8-5-3-6-9-7-8;2-1-3/h2-3,5-7H,1,4H2;1H,(H,2,3). The van der Waals surface area contributed by atoms with Crippen molar-refractivity contribution >= 4 is 6.47 Å². The molecule has 0 bridgehead atoms. The summed E-state index contributed by atoms with van der Waals surface area (Å²) in [6.45, 7) is 3.38. The number of aromatic nitrogens is 1. The first kappa shape index (κ1) is 10.4. The molecule has 0 saturated carbocycles. The van der Waals surface area contributed by atoms with E-state index in [1.54, 1.807) is 6.20 Å². The maximum absolute atomic E-state index is 8.36. The van der Waals surface area contributed by atoms with Crippen molar-refractivity contribution in [2.45, 2.75) is 6.42 Å². The summed E-state index contributed by atoms with van der Waals surface area (Å²) in [4.78, 5) is 12.3. The molecule has 3 heteroatoms. The number of allylic oxidation sites excluding steroid dienone is 1. The van der Waals surface area contributed by atoms with E-state index in [2.05, 4.69) is 11.6 Å². The number of rotatable bonds is 2. The SMILES string of the molecule is C=CCc1cccnc1.O=CO. The fourth-order valence-electron chi connectivity index (χ4n) is 0.686. The zero-order chi connectivity index (χ0) is 9.23. The monoisotopic (exact) mass is 165 g/mol. The molecule has 1 heterocycles. The second kappa shape index (κ2) is 7.47. The fraction of sp³-hybridized carbons (Fsp3) is 0.111. The Bertz CT molecular complexity index is 221. The Morgan fingerprint density at radius 3 is 2.75 bits per heavy atom. The average Bonchev–Trinajstić information content (AvgIpc) is 2.08. The van der Waals surface area contributed by atoms with E-state index in [1.807, 2.05) is 24.4 Å². The van der Waals surface area contributed by atoms with Gasteiger partial charge in [0.05, 0.1) is 0 Å². The molecule has 1 N–H and O–H groups in total. The first-order valence-electron chi connectivity index (χ1n) is 3.42. The minimum atomic E-state index is -0.250. The third-order valence-electron chi connectivity index (χ3n) is 1.10. The number of pyridine rings is 1. The van der Waals surface area contributed by atoms with Gasteiger partial charge in [0, 0.05) is 12.4 Å². The summed E-state index contributed by atoms with van der Waals surface area (Å²) >= 11 is 0. The van der Waals surface area contributed by atoms with Crippen molar-refractivity contribution in [3.63, 3.8) is 0 Å². The van der Waals surface area contributed by atoms with Gasteiger partial charge in [-0.3, -0.25) is 9.78 Å². The van der Waals surface area contributed by atoms with Crippen LogP contribution in [0.2, 0.25) is 0 Å². The summed E-state index contributed by atoms with van der Waals surface area (Å²) < 4.78 is 0. The second-order valence-electron chi connectivity index (χ2n) is 1.96. The summed E-state index contributed by atoms with van der Waals surface area (Å²) in [7, 11) is 0. The Morgan fingerprint density at radius 2 is 2.33 bits per heavy atom. The van der Waals surface area contributed by atoms with E-state index in [9.17, 15) is 0 Å². The highest BCUT2D eigenvalue weighted by Gasteiger charge is 1.83. The van der Waals surface area contributed by atoms with Gasteiger partial charge in [-0.05, 0) is 18.1 Å². The molecule has 1 rings (SSSR count). The molecule has 0 aliphatic carbocycles. The maximum atomic E-state index is 8.36. The summed E-state index contributed by atoms with van der Waals surface area (Å²) in [6, 6.07) is 3.97. The Balaban J connectivity index is 0.000000354. The van der Waals surface area contributed by atoms with Crippen molar-refractivity contribution in [2.24, 2.45) is 0 Å². The number of hydrogen-bond donors (Lipinski definition) is 1. The Labute approximate surface area is 71.4 Å². The van der Waals surface area contributed by atoms with Gasteiger partial charge in [-0.15, -0.1) is 6.58 Å². The Kier molecular flexibility index (Phi) is 6.45. The van der Waals surface area contributed by atoms with Gasteiger partial charge in [0.1, 0.15) is 0 Å². The molecule has 0 spiro atoms. The molecule has 0 unspecified atom stereocenters. The molecule has 0 saturated heterocycles. The number of hydrogen-bond acceptors (Lipinski definition) is 2. The predicted octanol–water partition coefficient (Wildman–Crippen LogP) is 1.51. The molecule has 12 heavy (non-hydrogen) atoms. The summed E-state index contributed by atoms with van der Waals surface area (Å²) in [5.74, 6) is 0. The van der Waals surface area contributed by atoms with Crippen LogP contribution in [0.1, 0.15) is 5.56 Å². The maximum Gasteiger partial charge on any atom is 0.290 e. The van der Waals surface area contributed by atoms with Gasteiger partial charge in [0.15, 0.2) is 0 Å². The average molecular weight is 165 g/mol. The lowest BCUT2D eigenvalue weighted by atomic mass is 10.2. The van der Waals surface area contributed by atoms with Crippen LogP contribution in [0.25, 0.3) is 0 Å². The van der Waals surface area contributed by atoms with Crippen LogP contribution in [-0.2, 0) is 11.2 Å². The lowest BCUT2D eigenvalue weighted by molar-refractivity contribution is -0.122. The number of carboxylic acid groups (broad SMARTS) is 1. The van der Waals surface area contributed by atoms with Crippen LogP contribution in [0.5, 0.6) is 0 Å². The molecule has 64 valence electrons. The molecule has 0 radical (unpaired) electrons. The molecule has 0 aliphatic heterocycles. The highest BCUT2D eigenvalue weighted by atomic mass is 16.3. The zero-order valence-electron chi connectivity index (χ0n) is 6.68. The highest BCUT2D eigenvalue weighted by molar-refractivity contribution is 5.32. The van der Waals surface area contributed by atoms with E-state index in [4.69, 9.17) is 9.90 Å². The zero-order valence-corrected chi connectivity index (χ0v) is 6.68. The van der Waals surface area contributed by atoms with Gasteiger partial charge < -0.3 is 5.11 Å². The van der Waals surface area contributed by atoms with E-state index in [1.165, 1.54) is 5.56 Å². The van der Waals surface area contributed by atoms with Crippen LogP contribution in [-0.4, -0.2) is 16.6 Å². The first-order chi connectivity index (χ1) is 5.85. The molecule has 0 aliphatic rings. The van der Waals surface area contributed by atoms with Crippen LogP contribution in [0.4, 0.5) is 0 Å². The van der Waals surface area contributed by atoms with Gasteiger partial charge in [-0.1, -0.05) is 12.1 Å². The molecule has 1 aromatic rings. The topological polar surface area (TPSA) is 50.2 Å². The van der Waals surface area contributed by atoms with Gasteiger partial charge >= 0.3 is 0 Å². The van der Waals surface area contributed by atoms with Crippen LogP contribution < -0.4 is 0 Å².